The fraction of sp³-hybridized carbons (Fsp3) is 0.261. The number of hydrogen-bond acceptors (Lipinski definition) is 8. The molecule has 2 aromatic carbocycles. The molecule has 3 rings (SSSR count). The molecule has 172 valence electrons. The van der Waals surface area contributed by atoms with Gasteiger partial charge in [0.25, 0.3) is 5.56 Å². The molecule has 0 bridgehead atoms. The number of nitrogens with zero attached hydrogens (tertiary/aromatic N) is 3. The molecule has 0 radical (unpaired) electrons. The van der Waals surface area contributed by atoms with Crippen LogP contribution in [0.2, 0.25) is 5.02 Å². The van der Waals surface area contributed by atoms with E-state index < -0.39 is 22.9 Å². The lowest BCUT2D eigenvalue weighted by molar-refractivity contribution is 0.0524. The fourth-order valence-corrected chi connectivity index (χ4v) is 3.15. The molecule has 0 saturated heterocycles. The molecule has 0 saturated carbocycles. The van der Waals surface area contributed by atoms with Crippen LogP contribution in [-0.4, -0.2) is 28.2 Å². The van der Waals surface area contributed by atoms with Crippen molar-refractivity contribution in [2.24, 2.45) is 5.18 Å². The maximum absolute atomic E-state index is 13.3. The van der Waals surface area contributed by atoms with Crippen molar-refractivity contribution in [2.45, 2.75) is 33.4 Å². The third-order valence-electron chi connectivity index (χ3n) is 4.45. The van der Waals surface area contributed by atoms with Crippen molar-refractivity contribution in [1.82, 2.24) is 9.55 Å². The van der Waals surface area contributed by atoms with Gasteiger partial charge in [-0.25, -0.2) is 4.79 Å². The van der Waals surface area contributed by atoms with E-state index in [1.165, 1.54) is 4.57 Å². The van der Waals surface area contributed by atoms with Gasteiger partial charge in [0.2, 0.25) is 11.8 Å². The van der Waals surface area contributed by atoms with E-state index in [9.17, 15) is 14.5 Å². The zero-order chi connectivity index (χ0) is 24.0. The number of hydrogen-bond donors (Lipinski definition) is 1. The summed E-state index contributed by atoms with van der Waals surface area (Å²) in [7, 11) is 0. The fourth-order valence-electron chi connectivity index (χ4n) is 3.02. The number of carbonyl (C=O) groups excluding carboxylic acids is 1. The summed E-state index contributed by atoms with van der Waals surface area (Å²) >= 11 is 5.96. The highest BCUT2D eigenvalue weighted by atomic mass is 35.5. The first-order chi connectivity index (χ1) is 15.8. The molecule has 1 N–H and O–H groups in total. The van der Waals surface area contributed by atoms with Gasteiger partial charge in [-0.3, -0.25) is 9.36 Å². The number of esters is 1. The normalized spacial score (nSPS) is 10.7. The Labute approximate surface area is 195 Å². The summed E-state index contributed by atoms with van der Waals surface area (Å²) in [4.78, 5) is 41.2. The predicted octanol–water partition coefficient (Wildman–Crippen LogP) is 5.05. The van der Waals surface area contributed by atoms with E-state index in [0.29, 0.717) is 16.5 Å². The number of nitrogens with one attached hydrogen (secondary N) is 1. The second-order valence-electron chi connectivity index (χ2n) is 7.28. The summed E-state index contributed by atoms with van der Waals surface area (Å²) in [5.41, 5.74) is 0.0413. The molecule has 33 heavy (non-hydrogen) atoms. The van der Waals surface area contributed by atoms with Crippen LogP contribution < -0.4 is 15.6 Å². The molecule has 1 heterocycles. The smallest absolute Gasteiger partial charge is 0.347 e. The van der Waals surface area contributed by atoms with E-state index in [1.807, 2.05) is 13.8 Å². The number of aromatic nitrogens is 2. The number of halogens is 1. The van der Waals surface area contributed by atoms with Crippen LogP contribution in [0.1, 0.15) is 36.7 Å². The van der Waals surface area contributed by atoms with E-state index >= 15 is 0 Å². The van der Waals surface area contributed by atoms with Crippen molar-refractivity contribution in [1.29, 1.82) is 0 Å². The van der Waals surface area contributed by atoms with Crippen LogP contribution in [-0.2, 0) is 11.3 Å². The van der Waals surface area contributed by atoms with Gasteiger partial charge in [-0.05, 0) is 67.9 Å². The minimum atomic E-state index is -0.962. The predicted molar refractivity (Wildman–Crippen MR) is 126 cm³/mol. The Balaban J connectivity index is 2.07. The topological polar surface area (TPSA) is 112 Å². The van der Waals surface area contributed by atoms with Crippen molar-refractivity contribution < 1.29 is 14.3 Å². The monoisotopic (exact) mass is 470 g/mol. The van der Waals surface area contributed by atoms with Crippen LogP contribution in [0.3, 0.4) is 0 Å². The molecule has 0 aliphatic rings. The minimum absolute atomic E-state index is 0.0201. The minimum Gasteiger partial charge on any atom is -0.491 e. The SMILES string of the molecule is CCOC(=O)c1c(N=O)nc(Nc2ccc(OC(C)C)cc2)n(Cc2ccc(Cl)cc2)c1=O. The molecule has 0 fully saturated rings. The van der Waals surface area contributed by atoms with Crippen LogP contribution in [0, 0.1) is 4.91 Å². The summed E-state index contributed by atoms with van der Waals surface area (Å²) < 4.78 is 11.8. The van der Waals surface area contributed by atoms with Gasteiger partial charge < -0.3 is 14.8 Å². The Morgan fingerprint density at radius 3 is 2.39 bits per heavy atom. The second-order valence-corrected chi connectivity index (χ2v) is 7.72. The first-order valence-electron chi connectivity index (χ1n) is 10.3. The van der Waals surface area contributed by atoms with Gasteiger partial charge >= 0.3 is 5.97 Å². The van der Waals surface area contributed by atoms with Crippen LogP contribution >= 0.6 is 11.6 Å². The molecule has 0 unspecified atom stereocenters. The molecule has 9 nitrogen and oxygen atoms in total. The van der Waals surface area contributed by atoms with Crippen LogP contribution in [0.5, 0.6) is 5.75 Å². The quantitative estimate of drug-likeness (QED) is 0.344. The summed E-state index contributed by atoms with van der Waals surface area (Å²) in [5, 5.41) is 6.35. The van der Waals surface area contributed by atoms with Gasteiger partial charge in [-0.1, -0.05) is 23.7 Å². The molecule has 0 aliphatic carbocycles. The highest BCUT2D eigenvalue weighted by molar-refractivity contribution is 6.30. The largest absolute Gasteiger partial charge is 0.491 e. The van der Waals surface area contributed by atoms with E-state index in [-0.39, 0.29) is 25.2 Å². The summed E-state index contributed by atoms with van der Waals surface area (Å²) in [6.45, 7) is 5.52. The molecule has 10 heteroatoms. The molecular formula is C23H23ClN4O5. The number of benzene rings is 2. The number of rotatable bonds is 9. The van der Waals surface area contributed by atoms with Crippen molar-refractivity contribution in [3.8, 4) is 5.75 Å². The number of anilines is 2. The summed E-state index contributed by atoms with van der Waals surface area (Å²) in [6, 6.07) is 13.9. The summed E-state index contributed by atoms with van der Waals surface area (Å²) in [5.74, 6) is -0.797. The van der Waals surface area contributed by atoms with Gasteiger partial charge in [0.05, 0.1) is 19.3 Å². The zero-order valence-corrected chi connectivity index (χ0v) is 19.1. The average Bonchev–Trinajstić information content (AvgIpc) is 2.78. The molecule has 3 aromatic rings. The molecule has 1 aromatic heterocycles. The Morgan fingerprint density at radius 1 is 1.15 bits per heavy atom. The maximum atomic E-state index is 13.3. The second kappa shape index (κ2) is 10.7. The zero-order valence-electron chi connectivity index (χ0n) is 18.4. The Kier molecular flexibility index (Phi) is 7.78. The Bertz CT molecular complexity index is 1190. The average molecular weight is 471 g/mol. The van der Waals surface area contributed by atoms with Crippen molar-refractivity contribution in [3.63, 3.8) is 0 Å². The Morgan fingerprint density at radius 2 is 1.82 bits per heavy atom. The van der Waals surface area contributed by atoms with Crippen LogP contribution in [0.4, 0.5) is 17.5 Å². The van der Waals surface area contributed by atoms with Gasteiger partial charge in [0.15, 0.2) is 5.56 Å². The van der Waals surface area contributed by atoms with E-state index in [2.05, 4.69) is 15.5 Å². The van der Waals surface area contributed by atoms with E-state index in [1.54, 1.807) is 55.5 Å². The lowest BCUT2D eigenvalue weighted by atomic mass is 10.2. The van der Waals surface area contributed by atoms with Crippen LogP contribution in [0.15, 0.2) is 58.5 Å². The standard InChI is InChI=1S/C23H23ClN4O5/c1-4-32-22(30)19-20(27-31)26-23(25-17-9-11-18(12-10-17)33-14(2)3)28(21(19)29)13-15-5-7-16(24)8-6-15/h5-12,14H,4,13H2,1-3H3,(H,25,26). The molecule has 0 aliphatic heterocycles. The number of ether oxygens (including phenoxy) is 2. The number of carbonyl (C=O) groups is 1. The third-order valence-corrected chi connectivity index (χ3v) is 4.70. The molecular weight excluding hydrogens is 448 g/mol. The maximum Gasteiger partial charge on any atom is 0.347 e. The van der Waals surface area contributed by atoms with Gasteiger partial charge in [0.1, 0.15) is 5.75 Å². The summed E-state index contributed by atoms with van der Waals surface area (Å²) in [6.07, 6.45) is 0.0201. The van der Waals surface area contributed by atoms with Crippen LogP contribution in [0.25, 0.3) is 0 Å². The first-order valence-corrected chi connectivity index (χ1v) is 10.6. The van der Waals surface area contributed by atoms with Crippen molar-refractivity contribution in [2.75, 3.05) is 11.9 Å². The molecule has 0 amide bonds. The first kappa shape index (κ1) is 23.9. The lowest BCUT2D eigenvalue weighted by Crippen LogP contribution is -2.30. The third kappa shape index (κ3) is 5.95. The lowest BCUT2D eigenvalue weighted by Gasteiger charge is -2.16. The number of nitroso groups, excluding NO2 is 1. The van der Waals surface area contributed by atoms with Gasteiger partial charge in [-0.2, -0.15) is 4.98 Å². The Hall–Kier alpha value is -3.72. The van der Waals surface area contributed by atoms with Crippen molar-refractivity contribution in [3.05, 3.63) is 79.9 Å². The highest BCUT2D eigenvalue weighted by Gasteiger charge is 2.25. The highest BCUT2D eigenvalue weighted by Crippen LogP contribution is 2.23. The molecule has 0 spiro atoms. The molecule has 0 atom stereocenters. The van der Waals surface area contributed by atoms with E-state index in [0.717, 1.165) is 5.56 Å². The van der Waals surface area contributed by atoms with Crippen molar-refractivity contribution >= 4 is 35.0 Å². The van der Waals surface area contributed by atoms with Gasteiger partial charge in [-0.15, -0.1) is 4.91 Å². The van der Waals surface area contributed by atoms with Gasteiger partial charge in [0, 0.05) is 10.7 Å². The van der Waals surface area contributed by atoms with E-state index in [4.69, 9.17) is 21.1 Å².